The fourth-order valence-electron chi connectivity index (χ4n) is 3.97. The summed E-state index contributed by atoms with van der Waals surface area (Å²) in [7, 11) is 0. The summed E-state index contributed by atoms with van der Waals surface area (Å²) >= 11 is 5.68. The number of aliphatic carboxylic acids is 1. The number of carboxylic acid groups (broad SMARTS) is 1. The maximum atomic E-state index is 13.1. The maximum Gasteiger partial charge on any atom is 0.326 e. The van der Waals surface area contributed by atoms with Gasteiger partial charge in [0.1, 0.15) is 18.1 Å². The van der Waals surface area contributed by atoms with Crippen molar-refractivity contribution < 1.29 is 24.3 Å². The first-order valence-corrected chi connectivity index (χ1v) is 14.3. The number of amides is 3. The summed E-state index contributed by atoms with van der Waals surface area (Å²) in [4.78, 5) is 60.6. The first kappa shape index (κ1) is 30.1. The SMILES string of the molecule is CSCCC(NC(=O)C(N)Cc1cnc[nH]1)C(=O)NC(CS)C(=O)NC(Cc1c[nH]c2ccccc12)C(=O)O. The first-order valence-electron chi connectivity index (χ1n) is 12.2. The van der Waals surface area contributed by atoms with E-state index < -0.39 is 47.9 Å². The third kappa shape index (κ3) is 8.50. The predicted molar refractivity (Wildman–Crippen MR) is 153 cm³/mol. The number of nitrogens with two attached hydrogens (primary N) is 1. The maximum absolute atomic E-state index is 13.1. The zero-order chi connectivity index (χ0) is 28.4. The first-order chi connectivity index (χ1) is 18.7. The van der Waals surface area contributed by atoms with Crippen LogP contribution in [0.5, 0.6) is 0 Å². The normalized spacial score (nSPS) is 14.2. The van der Waals surface area contributed by atoms with Crippen LogP contribution in [0.15, 0.2) is 43.0 Å². The quantitative estimate of drug-likeness (QED) is 0.118. The molecule has 12 nitrogen and oxygen atoms in total. The van der Waals surface area contributed by atoms with Crippen LogP contribution in [0.4, 0.5) is 0 Å². The molecule has 0 aliphatic heterocycles. The van der Waals surface area contributed by atoms with Crippen molar-refractivity contribution in [2.24, 2.45) is 5.73 Å². The number of aromatic nitrogens is 3. The van der Waals surface area contributed by atoms with Crippen LogP contribution in [0.25, 0.3) is 10.9 Å². The third-order valence-corrected chi connectivity index (χ3v) is 7.11. The molecule has 0 fully saturated rings. The number of H-pyrrole nitrogens is 2. The third-order valence-electron chi connectivity index (χ3n) is 6.10. The number of hydrogen-bond donors (Lipinski definition) is 8. The Morgan fingerprint density at radius 3 is 2.38 bits per heavy atom. The van der Waals surface area contributed by atoms with Crippen molar-refractivity contribution >= 4 is 59.0 Å². The minimum Gasteiger partial charge on any atom is -0.480 e. The van der Waals surface area contributed by atoms with E-state index in [1.54, 1.807) is 12.4 Å². The minimum atomic E-state index is -1.23. The predicted octanol–water partition coefficient (Wildman–Crippen LogP) is 0.225. The van der Waals surface area contributed by atoms with Gasteiger partial charge in [0.25, 0.3) is 0 Å². The van der Waals surface area contributed by atoms with Crippen molar-refractivity contribution in [2.75, 3.05) is 17.8 Å². The van der Waals surface area contributed by atoms with Crippen LogP contribution in [0.1, 0.15) is 17.7 Å². The molecular weight excluding hydrogens is 542 g/mol. The van der Waals surface area contributed by atoms with Crippen LogP contribution in [-0.4, -0.2) is 85.7 Å². The van der Waals surface area contributed by atoms with E-state index in [1.807, 2.05) is 30.5 Å². The van der Waals surface area contributed by atoms with Crippen molar-refractivity contribution in [3.8, 4) is 0 Å². The van der Waals surface area contributed by atoms with Gasteiger partial charge in [0.2, 0.25) is 17.7 Å². The van der Waals surface area contributed by atoms with E-state index in [0.29, 0.717) is 17.9 Å². The van der Waals surface area contributed by atoms with Crippen LogP contribution < -0.4 is 21.7 Å². The number of thioether (sulfide) groups is 1. The van der Waals surface area contributed by atoms with Gasteiger partial charge in [-0.2, -0.15) is 24.4 Å². The lowest BCUT2D eigenvalue weighted by Gasteiger charge is -2.24. The lowest BCUT2D eigenvalue weighted by Crippen LogP contribution is -2.58. The number of nitrogens with one attached hydrogen (secondary N) is 5. The molecule has 3 aromatic rings. The molecule has 2 aromatic heterocycles. The molecule has 3 rings (SSSR count). The Balaban J connectivity index is 1.63. The molecule has 2 heterocycles. The average molecular weight is 576 g/mol. The lowest BCUT2D eigenvalue weighted by molar-refractivity contribution is -0.142. The molecule has 0 aliphatic rings. The highest BCUT2D eigenvalue weighted by Crippen LogP contribution is 2.19. The molecule has 4 atom stereocenters. The van der Waals surface area contributed by atoms with E-state index in [4.69, 9.17) is 5.73 Å². The zero-order valence-corrected chi connectivity index (χ0v) is 23.1. The molecule has 14 heteroatoms. The van der Waals surface area contributed by atoms with E-state index in [9.17, 15) is 24.3 Å². The summed E-state index contributed by atoms with van der Waals surface area (Å²) in [6, 6.07) is 3.21. The molecule has 3 amide bonds. The van der Waals surface area contributed by atoms with Crippen molar-refractivity contribution in [2.45, 2.75) is 43.4 Å². The van der Waals surface area contributed by atoms with Gasteiger partial charge in [-0.15, -0.1) is 0 Å². The fraction of sp³-hybridized carbons (Fsp3) is 0.400. The van der Waals surface area contributed by atoms with Crippen molar-refractivity contribution in [1.29, 1.82) is 0 Å². The van der Waals surface area contributed by atoms with Crippen LogP contribution in [0, 0.1) is 0 Å². The van der Waals surface area contributed by atoms with E-state index >= 15 is 0 Å². The monoisotopic (exact) mass is 575 g/mol. The second-order valence-corrected chi connectivity index (χ2v) is 10.3. The highest BCUT2D eigenvalue weighted by Gasteiger charge is 2.30. The number of carbonyl (C=O) groups excluding carboxylic acids is 3. The smallest absolute Gasteiger partial charge is 0.326 e. The van der Waals surface area contributed by atoms with Gasteiger partial charge in [-0.05, 0) is 30.1 Å². The molecular formula is C25H33N7O5S2. The molecule has 4 unspecified atom stereocenters. The van der Waals surface area contributed by atoms with E-state index in [-0.39, 0.29) is 18.6 Å². The molecule has 0 saturated heterocycles. The number of thiol groups is 1. The second kappa shape index (κ2) is 14.6. The van der Waals surface area contributed by atoms with E-state index in [1.165, 1.54) is 18.1 Å². The van der Waals surface area contributed by atoms with Crippen LogP contribution in [-0.2, 0) is 32.0 Å². The number of aromatic amines is 2. The van der Waals surface area contributed by atoms with Gasteiger partial charge < -0.3 is 36.8 Å². The molecule has 210 valence electrons. The van der Waals surface area contributed by atoms with Crippen LogP contribution in [0.3, 0.4) is 0 Å². The van der Waals surface area contributed by atoms with Crippen molar-refractivity contribution in [3.63, 3.8) is 0 Å². The number of carboxylic acids is 1. The highest BCUT2D eigenvalue weighted by molar-refractivity contribution is 7.98. The Kier molecular flexibility index (Phi) is 11.3. The summed E-state index contributed by atoms with van der Waals surface area (Å²) in [5.74, 6) is -2.55. The summed E-state index contributed by atoms with van der Waals surface area (Å²) in [5, 5.41) is 18.4. The van der Waals surface area contributed by atoms with Gasteiger partial charge in [-0.3, -0.25) is 14.4 Å². The summed E-state index contributed by atoms with van der Waals surface area (Å²) in [6.07, 6.45) is 7.16. The minimum absolute atomic E-state index is 0.0406. The molecule has 0 spiro atoms. The van der Waals surface area contributed by atoms with E-state index in [0.717, 1.165) is 16.5 Å². The van der Waals surface area contributed by atoms with Crippen LogP contribution >= 0.6 is 24.4 Å². The topological polar surface area (TPSA) is 195 Å². The summed E-state index contributed by atoms with van der Waals surface area (Å²) < 4.78 is 0. The number of para-hydroxylation sites is 1. The lowest BCUT2D eigenvalue weighted by atomic mass is 10.0. The Morgan fingerprint density at radius 2 is 1.72 bits per heavy atom. The average Bonchev–Trinajstić information content (AvgIpc) is 3.58. The van der Waals surface area contributed by atoms with Gasteiger partial charge in [-0.25, -0.2) is 9.78 Å². The molecule has 0 aliphatic carbocycles. The van der Waals surface area contributed by atoms with Gasteiger partial charge in [0, 0.05) is 47.6 Å². The number of rotatable bonds is 15. The molecule has 1 aromatic carbocycles. The molecule has 0 saturated carbocycles. The number of nitrogens with zero attached hydrogens (tertiary/aromatic N) is 1. The Hall–Kier alpha value is -3.49. The standard InChI is InChI=1S/C25H33N7O5S2/c1-39-7-6-19(30-22(33)17(26)9-15-11-27-13-29-15)23(34)32-21(12-38)24(35)31-20(25(36)37)8-14-10-28-18-5-3-2-4-16(14)18/h2-5,10-11,13,17,19-21,28,38H,6-9,12,26H2,1H3,(H,27,29)(H,30,33)(H,31,35)(H,32,34)(H,36,37). The number of benzene rings is 1. The Labute approximate surface area is 235 Å². The second-order valence-electron chi connectivity index (χ2n) is 8.94. The van der Waals surface area contributed by atoms with Gasteiger partial charge >= 0.3 is 5.97 Å². The van der Waals surface area contributed by atoms with Gasteiger partial charge in [-0.1, -0.05) is 18.2 Å². The van der Waals surface area contributed by atoms with Gasteiger partial charge in [0.05, 0.1) is 12.4 Å². The van der Waals surface area contributed by atoms with E-state index in [2.05, 4.69) is 43.5 Å². The summed E-state index contributed by atoms with van der Waals surface area (Å²) in [6.45, 7) is 0. The van der Waals surface area contributed by atoms with Crippen molar-refractivity contribution in [3.05, 3.63) is 54.2 Å². The molecule has 0 bridgehead atoms. The summed E-state index contributed by atoms with van der Waals surface area (Å²) in [5.41, 5.74) is 8.26. The Bertz CT molecular complexity index is 1270. The Morgan fingerprint density at radius 1 is 1.03 bits per heavy atom. The molecule has 0 radical (unpaired) electrons. The van der Waals surface area contributed by atoms with Gasteiger partial charge in [0.15, 0.2) is 0 Å². The molecule has 8 N–H and O–H groups in total. The zero-order valence-electron chi connectivity index (χ0n) is 21.3. The fourth-order valence-corrected chi connectivity index (χ4v) is 4.70. The number of carbonyl (C=O) groups is 4. The van der Waals surface area contributed by atoms with Crippen LogP contribution in [0.2, 0.25) is 0 Å². The highest BCUT2D eigenvalue weighted by atomic mass is 32.2. The number of fused-ring (bicyclic) bond motifs is 1. The largest absolute Gasteiger partial charge is 0.480 e. The number of hydrogen-bond acceptors (Lipinski definition) is 8. The molecule has 39 heavy (non-hydrogen) atoms. The number of imidazole rings is 1. The van der Waals surface area contributed by atoms with Crippen molar-refractivity contribution in [1.82, 2.24) is 30.9 Å².